The van der Waals surface area contributed by atoms with Crippen molar-refractivity contribution in [3.8, 4) is 5.88 Å². The predicted octanol–water partition coefficient (Wildman–Crippen LogP) is 5.14. The van der Waals surface area contributed by atoms with Crippen molar-refractivity contribution in [3.63, 3.8) is 0 Å². The van der Waals surface area contributed by atoms with E-state index in [-0.39, 0.29) is 16.8 Å². The lowest BCUT2D eigenvalue weighted by Crippen LogP contribution is -2.41. The fourth-order valence-electron chi connectivity index (χ4n) is 7.87. The molecule has 1 aromatic carbocycles. The number of nitrogens with zero attached hydrogens (tertiary/aromatic N) is 3. The van der Waals surface area contributed by atoms with E-state index in [0.717, 1.165) is 23.6 Å². The number of anilines is 1. The lowest BCUT2D eigenvalue weighted by molar-refractivity contribution is -0.144. The smallest absolute Gasteiger partial charge is 0.306 e. The SMILES string of the molecule is COC(=O)CC12CC3CCCC(c4ccc(C5=Nc6c(N)ncnc6OC5(C)C)cc4)(CC3C1)C2. The van der Waals surface area contributed by atoms with Crippen LogP contribution in [-0.4, -0.2) is 34.4 Å². The molecule has 0 radical (unpaired) electrons. The second-order valence-electron chi connectivity index (χ2n) is 11.8. The van der Waals surface area contributed by atoms with E-state index in [1.54, 1.807) is 0 Å². The normalized spacial score (nSPS) is 32.3. The van der Waals surface area contributed by atoms with Crippen LogP contribution in [0, 0.1) is 17.3 Å². The number of rotatable bonds is 4. The summed E-state index contributed by atoms with van der Waals surface area (Å²) in [6, 6.07) is 8.91. The average Bonchev–Trinajstić information content (AvgIpc) is 2.99. The van der Waals surface area contributed by atoms with Gasteiger partial charge in [-0.05, 0) is 74.2 Å². The highest BCUT2D eigenvalue weighted by molar-refractivity contribution is 6.09. The highest BCUT2D eigenvalue weighted by Crippen LogP contribution is 2.66. The molecule has 4 aliphatic rings. The zero-order valence-corrected chi connectivity index (χ0v) is 20.8. The first-order valence-electron chi connectivity index (χ1n) is 12.8. The topological polar surface area (TPSA) is 99.7 Å². The Balaban J connectivity index is 1.35. The summed E-state index contributed by atoms with van der Waals surface area (Å²) in [5.74, 6) is 2.15. The molecule has 4 unspecified atom stereocenters. The minimum Gasteiger partial charge on any atom is -0.469 e. The van der Waals surface area contributed by atoms with Gasteiger partial charge in [0.1, 0.15) is 11.9 Å². The van der Waals surface area contributed by atoms with Crippen molar-refractivity contribution < 1.29 is 14.3 Å². The molecule has 0 spiro atoms. The summed E-state index contributed by atoms with van der Waals surface area (Å²) >= 11 is 0. The Morgan fingerprint density at radius 1 is 1.14 bits per heavy atom. The maximum atomic E-state index is 12.4. The number of benzene rings is 1. The van der Waals surface area contributed by atoms with Crippen LogP contribution in [0.25, 0.3) is 0 Å². The van der Waals surface area contributed by atoms with Crippen LogP contribution < -0.4 is 10.5 Å². The van der Waals surface area contributed by atoms with Gasteiger partial charge in [-0.1, -0.05) is 37.1 Å². The fraction of sp³-hybridized carbons (Fsp3) is 0.571. The van der Waals surface area contributed by atoms with Gasteiger partial charge in [-0.25, -0.2) is 9.98 Å². The van der Waals surface area contributed by atoms with Gasteiger partial charge in [0, 0.05) is 5.56 Å². The fourth-order valence-corrected chi connectivity index (χ4v) is 7.87. The number of nitrogen functional groups attached to an aromatic ring is 1. The minimum atomic E-state index is -0.641. The van der Waals surface area contributed by atoms with Gasteiger partial charge in [0.15, 0.2) is 11.5 Å². The molecule has 3 fully saturated rings. The van der Waals surface area contributed by atoms with Crippen LogP contribution in [0.2, 0.25) is 0 Å². The van der Waals surface area contributed by atoms with E-state index >= 15 is 0 Å². The highest BCUT2D eigenvalue weighted by atomic mass is 16.5. The lowest BCUT2D eigenvalue weighted by atomic mass is 9.57. The number of aliphatic imine (C=N–C) groups is 1. The largest absolute Gasteiger partial charge is 0.469 e. The van der Waals surface area contributed by atoms with E-state index in [9.17, 15) is 4.79 Å². The Hall–Kier alpha value is -2.96. The summed E-state index contributed by atoms with van der Waals surface area (Å²) in [7, 11) is 1.51. The van der Waals surface area contributed by atoms with Gasteiger partial charge in [-0.3, -0.25) is 4.79 Å². The number of nitrogens with two attached hydrogens (primary N) is 1. The maximum Gasteiger partial charge on any atom is 0.306 e. The Morgan fingerprint density at radius 2 is 1.91 bits per heavy atom. The maximum absolute atomic E-state index is 12.4. The molecule has 35 heavy (non-hydrogen) atoms. The van der Waals surface area contributed by atoms with Crippen LogP contribution in [0.4, 0.5) is 11.5 Å². The quantitative estimate of drug-likeness (QED) is 0.616. The van der Waals surface area contributed by atoms with Crippen molar-refractivity contribution in [2.75, 3.05) is 12.8 Å². The number of aromatic nitrogens is 2. The molecule has 1 aromatic heterocycles. The van der Waals surface area contributed by atoms with E-state index in [4.69, 9.17) is 20.2 Å². The Bertz CT molecular complexity index is 1210. The summed E-state index contributed by atoms with van der Waals surface area (Å²) < 4.78 is 11.3. The van der Waals surface area contributed by atoms with Gasteiger partial charge in [0.05, 0.1) is 19.2 Å². The zero-order chi connectivity index (χ0) is 24.4. The summed E-state index contributed by atoms with van der Waals surface area (Å²) in [6.07, 6.45) is 10.4. The Kier molecular flexibility index (Phi) is 5.00. The Labute approximate surface area is 206 Å². The molecular formula is C28H34N4O3. The Morgan fingerprint density at radius 3 is 2.69 bits per heavy atom. The number of methoxy groups -OCH3 is 1. The first kappa shape index (κ1) is 22.5. The third-order valence-electron chi connectivity index (χ3n) is 9.13. The molecule has 0 saturated heterocycles. The van der Waals surface area contributed by atoms with Gasteiger partial charge in [-0.15, -0.1) is 0 Å². The molecule has 2 N–H and O–H groups in total. The second-order valence-corrected chi connectivity index (χ2v) is 11.8. The number of carbonyl (C=O) groups is 1. The van der Waals surface area contributed by atoms with Crippen molar-refractivity contribution >= 4 is 23.2 Å². The highest BCUT2D eigenvalue weighted by Gasteiger charge is 2.57. The molecule has 7 heteroatoms. The molecule has 2 heterocycles. The van der Waals surface area contributed by atoms with Crippen molar-refractivity contribution in [1.82, 2.24) is 9.97 Å². The second kappa shape index (κ2) is 7.77. The first-order chi connectivity index (χ1) is 16.7. The van der Waals surface area contributed by atoms with Gasteiger partial charge in [-0.2, -0.15) is 4.98 Å². The number of hydrogen-bond acceptors (Lipinski definition) is 7. The molecule has 6 rings (SSSR count). The van der Waals surface area contributed by atoms with Crippen LogP contribution in [0.1, 0.15) is 76.3 Å². The molecule has 7 nitrogen and oxygen atoms in total. The van der Waals surface area contributed by atoms with Gasteiger partial charge >= 0.3 is 5.97 Å². The third-order valence-corrected chi connectivity index (χ3v) is 9.13. The molecule has 0 amide bonds. The molecule has 184 valence electrons. The summed E-state index contributed by atoms with van der Waals surface area (Å²) in [4.78, 5) is 25.5. The van der Waals surface area contributed by atoms with Crippen LogP contribution >= 0.6 is 0 Å². The summed E-state index contributed by atoms with van der Waals surface area (Å²) in [5.41, 5.74) is 9.36. The average molecular weight is 475 g/mol. The third kappa shape index (κ3) is 3.62. The molecule has 3 saturated carbocycles. The van der Waals surface area contributed by atoms with Crippen molar-refractivity contribution in [2.24, 2.45) is 22.2 Å². The van der Waals surface area contributed by atoms with E-state index in [1.807, 2.05) is 13.8 Å². The number of ether oxygens (including phenoxy) is 2. The van der Waals surface area contributed by atoms with Gasteiger partial charge in [0.25, 0.3) is 0 Å². The van der Waals surface area contributed by atoms with E-state index < -0.39 is 5.60 Å². The number of esters is 1. The molecule has 4 atom stereocenters. The van der Waals surface area contributed by atoms with Crippen LogP contribution in [0.3, 0.4) is 0 Å². The van der Waals surface area contributed by atoms with Gasteiger partial charge in [0.2, 0.25) is 5.88 Å². The van der Waals surface area contributed by atoms with E-state index in [0.29, 0.717) is 29.7 Å². The number of hydrogen-bond donors (Lipinski definition) is 1. The lowest BCUT2D eigenvalue weighted by Gasteiger charge is -2.46. The first-order valence-corrected chi connectivity index (χ1v) is 12.8. The zero-order valence-electron chi connectivity index (χ0n) is 20.8. The van der Waals surface area contributed by atoms with E-state index in [1.165, 1.54) is 57.5 Å². The van der Waals surface area contributed by atoms with Crippen molar-refractivity contribution in [2.45, 2.75) is 76.2 Å². The van der Waals surface area contributed by atoms with Crippen molar-refractivity contribution in [3.05, 3.63) is 41.7 Å². The van der Waals surface area contributed by atoms with Crippen LogP contribution in [-0.2, 0) is 14.9 Å². The molecule has 3 aliphatic carbocycles. The molecule has 2 aromatic rings. The standard InChI is InChI=1S/C28H34N4O3/c1-26(2)23(32-22-24(29)30-16-31-25(22)35-26)17-6-8-20(9-7-17)28-10-4-5-18-11-27(15-28,12-19(18)13-28)14-21(33)34-3/h6-9,16,18-19H,4-5,10-15H2,1-3H3,(H2,29,30,31). The van der Waals surface area contributed by atoms with E-state index in [2.05, 4.69) is 34.2 Å². The minimum absolute atomic E-state index is 0.0582. The number of fused-ring (bicyclic) bond motifs is 3. The van der Waals surface area contributed by atoms with Crippen LogP contribution in [0.5, 0.6) is 5.88 Å². The molecule has 3 bridgehead atoms. The summed E-state index contributed by atoms with van der Waals surface area (Å²) in [5, 5.41) is 0. The predicted molar refractivity (Wildman–Crippen MR) is 134 cm³/mol. The summed E-state index contributed by atoms with van der Waals surface area (Å²) in [6.45, 7) is 4.00. The molecule has 1 aliphatic heterocycles. The van der Waals surface area contributed by atoms with Crippen molar-refractivity contribution in [1.29, 1.82) is 0 Å². The number of carbonyl (C=O) groups excluding carboxylic acids is 1. The molecular weight excluding hydrogens is 440 g/mol. The van der Waals surface area contributed by atoms with Crippen LogP contribution in [0.15, 0.2) is 35.6 Å². The monoisotopic (exact) mass is 474 g/mol. The van der Waals surface area contributed by atoms with Gasteiger partial charge < -0.3 is 15.2 Å².